The number of fused-ring (bicyclic) bond motifs is 5. The number of para-hydroxylation sites is 2. The molecule has 208 valence electrons. The van der Waals surface area contributed by atoms with Crippen LogP contribution in [0, 0.1) is 5.82 Å². The molecule has 0 bridgehead atoms. The van der Waals surface area contributed by atoms with Crippen molar-refractivity contribution < 1.29 is 23.1 Å². The van der Waals surface area contributed by atoms with Gasteiger partial charge in [-0.25, -0.2) is 14.4 Å². The van der Waals surface area contributed by atoms with E-state index in [1.54, 1.807) is 12.1 Å². The Hall–Kier alpha value is -5.83. The van der Waals surface area contributed by atoms with Crippen molar-refractivity contribution in [1.82, 2.24) is 9.97 Å². The van der Waals surface area contributed by atoms with Crippen molar-refractivity contribution in [3.05, 3.63) is 121 Å². The molecule has 0 aliphatic heterocycles. The molecule has 4 aromatic heterocycles. The summed E-state index contributed by atoms with van der Waals surface area (Å²) >= 11 is 0. The zero-order valence-corrected chi connectivity index (χ0v) is 23.3. The molecule has 2 N–H and O–H groups in total. The molecule has 0 fully saturated rings. The number of amides is 2. The number of hydrogen-bond donors (Lipinski definition) is 2. The topological polar surface area (TPSA) is 91.7 Å². The van der Waals surface area contributed by atoms with Crippen LogP contribution in [0.2, 0.25) is 0 Å². The number of carbonyl (C=O) groups excluding carboxylic acids is 2. The van der Waals surface area contributed by atoms with Gasteiger partial charge in [-0.05, 0) is 48.5 Å². The van der Waals surface area contributed by atoms with E-state index in [2.05, 4.69) is 20.6 Å². The van der Waals surface area contributed by atoms with Crippen LogP contribution in [0.3, 0.4) is 0 Å². The van der Waals surface area contributed by atoms with Gasteiger partial charge in [-0.15, -0.1) is 0 Å². The van der Waals surface area contributed by atoms with Crippen LogP contribution in [0.15, 0.2) is 103 Å². The van der Waals surface area contributed by atoms with Gasteiger partial charge in [0.1, 0.15) is 48.2 Å². The number of hydrogen-bond acceptors (Lipinski definition) is 4. The summed E-state index contributed by atoms with van der Waals surface area (Å²) in [5.74, 6) is -1.37. The fourth-order valence-corrected chi connectivity index (χ4v) is 5.43. The number of benzene rings is 3. The standard InChI is InChI=1S/C34H23FN6O2/c1-40-18-23(15-20-7-3-5-9-29(20)40)36-33(42)27-13-11-22-17-26(35)25-12-14-28(39-32(25)31(22)38-27)34(43)37-24-16-21-8-4-6-10-30(21)41(2)19-24/h3-19H,1-2H3/p+2. The first-order valence-electron chi connectivity index (χ1n) is 13.6. The number of carbonyl (C=O) groups is 2. The first kappa shape index (κ1) is 26.1. The van der Waals surface area contributed by atoms with Crippen LogP contribution in [-0.2, 0) is 14.1 Å². The van der Waals surface area contributed by atoms with Crippen molar-refractivity contribution in [1.29, 1.82) is 0 Å². The molecule has 7 aromatic rings. The highest BCUT2D eigenvalue weighted by molar-refractivity contribution is 6.10. The Morgan fingerprint density at radius 2 is 1.14 bits per heavy atom. The van der Waals surface area contributed by atoms with Crippen LogP contribution >= 0.6 is 0 Å². The lowest BCUT2D eigenvalue weighted by atomic mass is 10.1. The fourth-order valence-electron chi connectivity index (χ4n) is 5.43. The number of halogens is 1. The van der Waals surface area contributed by atoms with Crippen molar-refractivity contribution in [3.63, 3.8) is 0 Å². The van der Waals surface area contributed by atoms with Gasteiger partial charge in [-0.1, -0.05) is 30.3 Å². The minimum atomic E-state index is -0.494. The predicted octanol–water partition coefficient (Wildman–Crippen LogP) is 5.38. The second-order valence-corrected chi connectivity index (χ2v) is 10.4. The number of anilines is 2. The molecule has 2 amide bonds. The van der Waals surface area contributed by atoms with Gasteiger partial charge >= 0.3 is 0 Å². The van der Waals surface area contributed by atoms with E-state index in [0.717, 1.165) is 21.8 Å². The third-order valence-electron chi connectivity index (χ3n) is 7.49. The van der Waals surface area contributed by atoms with Gasteiger partial charge < -0.3 is 10.6 Å². The molecule has 0 unspecified atom stereocenters. The van der Waals surface area contributed by atoms with Crippen LogP contribution in [0.25, 0.3) is 43.6 Å². The third-order valence-corrected chi connectivity index (χ3v) is 7.49. The normalized spacial score (nSPS) is 11.3. The Labute approximate surface area is 245 Å². The van der Waals surface area contributed by atoms with Crippen LogP contribution < -0.4 is 19.8 Å². The molecule has 0 atom stereocenters. The van der Waals surface area contributed by atoms with Gasteiger partial charge in [-0.3, -0.25) is 9.59 Å². The first-order valence-corrected chi connectivity index (χ1v) is 13.6. The lowest BCUT2D eigenvalue weighted by molar-refractivity contribution is -0.644. The van der Waals surface area contributed by atoms with Gasteiger partial charge in [0.15, 0.2) is 12.4 Å². The molecule has 9 heteroatoms. The molecule has 7 rings (SSSR count). The fraction of sp³-hybridized carbons (Fsp3) is 0.0588. The largest absolute Gasteiger partial charge is 0.316 e. The molecule has 0 saturated carbocycles. The van der Waals surface area contributed by atoms with E-state index in [-0.39, 0.29) is 22.3 Å². The quantitative estimate of drug-likeness (QED) is 0.220. The SMILES string of the molecule is C[n+]1cc(NC(=O)c2ccc3cc(F)c4ccc(C(=O)Nc5cc6ccccc6[n+](C)c5)nc4c3n2)cc2ccccc21. The first-order chi connectivity index (χ1) is 20.8. The van der Waals surface area contributed by atoms with E-state index in [9.17, 15) is 9.59 Å². The Bertz CT molecular complexity index is 2280. The summed E-state index contributed by atoms with van der Waals surface area (Å²) in [6.45, 7) is 0. The van der Waals surface area contributed by atoms with E-state index < -0.39 is 17.6 Å². The molecule has 0 aliphatic rings. The molecule has 0 radical (unpaired) electrons. The number of rotatable bonds is 4. The number of aryl methyl sites for hydroxylation is 2. The molecule has 3 aromatic carbocycles. The maximum atomic E-state index is 15.0. The summed E-state index contributed by atoms with van der Waals surface area (Å²) in [4.78, 5) is 35.6. The van der Waals surface area contributed by atoms with Crippen LogP contribution in [0.1, 0.15) is 21.0 Å². The molecule has 0 saturated heterocycles. The van der Waals surface area contributed by atoms with E-state index >= 15 is 4.39 Å². The molecule has 8 nitrogen and oxygen atoms in total. The van der Waals surface area contributed by atoms with Crippen LogP contribution in [0.5, 0.6) is 0 Å². The summed E-state index contributed by atoms with van der Waals surface area (Å²) in [5, 5.41) is 8.40. The number of nitrogens with one attached hydrogen (secondary N) is 2. The van der Waals surface area contributed by atoms with Crippen LogP contribution in [-0.4, -0.2) is 21.8 Å². The number of pyridine rings is 4. The molecule has 0 spiro atoms. The molecular weight excluding hydrogens is 543 g/mol. The van der Waals surface area contributed by atoms with Gasteiger partial charge in [0, 0.05) is 33.7 Å². The zero-order valence-electron chi connectivity index (χ0n) is 23.3. The van der Waals surface area contributed by atoms with Crippen molar-refractivity contribution in [2.75, 3.05) is 10.6 Å². The Morgan fingerprint density at radius 1 is 0.628 bits per heavy atom. The maximum absolute atomic E-state index is 15.0. The predicted molar refractivity (Wildman–Crippen MR) is 163 cm³/mol. The Balaban J connectivity index is 1.24. The van der Waals surface area contributed by atoms with Crippen LogP contribution in [0.4, 0.5) is 15.8 Å². The molecule has 43 heavy (non-hydrogen) atoms. The monoisotopic (exact) mass is 568 g/mol. The summed E-state index contributed by atoms with van der Waals surface area (Å²) in [7, 11) is 3.81. The summed E-state index contributed by atoms with van der Waals surface area (Å²) < 4.78 is 18.9. The summed E-state index contributed by atoms with van der Waals surface area (Å²) in [5.41, 5.74) is 3.99. The smallest absolute Gasteiger partial charge is 0.274 e. The number of nitrogens with zero attached hydrogens (tertiary/aromatic N) is 4. The van der Waals surface area contributed by atoms with Gasteiger partial charge in [-0.2, -0.15) is 9.13 Å². The minimum absolute atomic E-state index is 0.0931. The maximum Gasteiger partial charge on any atom is 0.274 e. The number of aromatic nitrogens is 4. The van der Waals surface area contributed by atoms with Crippen molar-refractivity contribution in [2.45, 2.75) is 0 Å². The molecular formula is C34H25FN6O2+2. The lowest BCUT2D eigenvalue weighted by Crippen LogP contribution is -2.29. The van der Waals surface area contributed by atoms with Gasteiger partial charge in [0.25, 0.3) is 11.8 Å². The van der Waals surface area contributed by atoms with Gasteiger partial charge in [0.2, 0.25) is 11.0 Å². The van der Waals surface area contributed by atoms with E-state index in [1.165, 1.54) is 18.2 Å². The Kier molecular flexibility index (Phi) is 6.20. The minimum Gasteiger partial charge on any atom is -0.316 e. The highest BCUT2D eigenvalue weighted by Gasteiger charge is 2.18. The average Bonchev–Trinajstić information content (AvgIpc) is 3.01. The van der Waals surface area contributed by atoms with Crippen molar-refractivity contribution >= 4 is 66.8 Å². The molecule has 4 heterocycles. The second kappa shape index (κ2) is 10.2. The molecule has 0 aliphatic carbocycles. The Morgan fingerprint density at radius 3 is 1.72 bits per heavy atom. The van der Waals surface area contributed by atoms with E-state index in [1.807, 2.05) is 96.3 Å². The third kappa shape index (κ3) is 4.76. The van der Waals surface area contributed by atoms with Crippen molar-refractivity contribution in [3.8, 4) is 0 Å². The second-order valence-electron chi connectivity index (χ2n) is 10.4. The highest BCUT2D eigenvalue weighted by atomic mass is 19.1. The lowest BCUT2D eigenvalue weighted by Gasteiger charge is -2.10. The summed E-state index contributed by atoms with van der Waals surface area (Å²) in [6, 6.07) is 27.0. The van der Waals surface area contributed by atoms with Gasteiger partial charge in [0.05, 0.1) is 5.52 Å². The highest BCUT2D eigenvalue weighted by Crippen LogP contribution is 2.27. The summed E-state index contributed by atoms with van der Waals surface area (Å²) in [6.07, 6.45) is 3.65. The van der Waals surface area contributed by atoms with E-state index in [4.69, 9.17) is 0 Å². The van der Waals surface area contributed by atoms with E-state index in [0.29, 0.717) is 22.3 Å². The van der Waals surface area contributed by atoms with Crippen molar-refractivity contribution in [2.24, 2.45) is 14.1 Å². The zero-order chi connectivity index (χ0) is 29.7. The average molecular weight is 569 g/mol.